The number of hydrogen-bond donors (Lipinski definition) is 0. The van der Waals surface area contributed by atoms with Gasteiger partial charge in [0.2, 0.25) is 0 Å². The first kappa shape index (κ1) is 7.15. The molecule has 1 aromatic heterocycles. The van der Waals surface area contributed by atoms with Gasteiger partial charge in [0.15, 0.2) is 0 Å². The van der Waals surface area contributed by atoms with E-state index in [9.17, 15) is 0 Å². The fourth-order valence-electron chi connectivity index (χ4n) is 0.716. The van der Waals surface area contributed by atoms with Crippen molar-refractivity contribution >= 4 is 0 Å². The molecule has 0 aromatic carbocycles. The Labute approximate surface area is 60.7 Å². The molecule has 0 N–H and O–H groups in total. The average molecular weight is 136 g/mol. The van der Waals surface area contributed by atoms with Crippen molar-refractivity contribution in [3.8, 4) is 0 Å². The maximum Gasteiger partial charge on any atom is 0.118 e. The van der Waals surface area contributed by atoms with Crippen molar-refractivity contribution in [2.24, 2.45) is 0 Å². The van der Waals surface area contributed by atoms with Crippen molar-refractivity contribution < 1.29 is 0 Å². The minimum Gasteiger partial charge on any atom is -0.305 e. The lowest BCUT2D eigenvalue weighted by molar-refractivity contribution is 0.401. The van der Waals surface area contributed by atoms with Gasteiger partial charge >= 0.3 is 0 Å². The molecular formula is C7H10N3. The second-order valence-corrected chi connectivity index (χ2v) is 2.41. The van der Waals surface area contributed by atoms with E-state index >= 15 is 0 Å². The summed E-state index contributed by atoms with van der Waals surface area (Å²) in [5.41, 5.74) is 1.07. The zero-order valence-electron chi connectivity index (χ0n) is 6.20. The Morgan fingerprint density at radius 2 is 2.40 bits per heavy atom. The topological polar surface area (TPSA) is 29.0 Å². The Balaban J connectivity index is 2.59. The van der Waals surface area contributed by atoms with Gasteiger partial charge in [-0.3, -0.25) is 0 Å². The summed E-state index contributed by atoms with van der Waals surface area (Å²) < 4.78 is 0. The number of aromatic nitrogens is 2. The summed E-state index contributed by atoms with van der Waals surface area (Å²) in [5.74, 6) is 0. The zero-order valence-corrected chi connectivity index (χ0v) is 6.20. The molecule has 0 aliphatic rings. The fourth-order valence-corrected chi connectivity index (χ4v) is 0.716. The van der Waals surface area contributed by atoms with Gasteiger partial charge < -0.3 is 4.90 Å². The van der Waals surface area contributed by atoms with E-state index in [1.165, 1.54) is 0 Å². The van der Waals surface area contributed by atoms with Gasteiger partial charge in [-0.2, -0.15) is 5.10 Å². The smallest absolute Gasteiger partial charge is 0.118 e. The quantitative estimate of drug-likeness (QED) is 0.587. The summed E-state index contributed by atoms with van der Waals surface area (Å²) in [6, 6.07) is 1.91. The lowest BCUT2D eigenvalue weighted by Gasteiger charge is -2.06. The van der Waals surface area contributed by atoms with Crippen LogP contribution in [-0.4, -0.2) is 29.2 Å². The fraction of sp³-hybridized carbons (Fsp3) is 0.429. The first-order valence-electron chi connectivity index (χ1n) is 3.12. The van der Waals surface area contributed by atoms with Crippen LogP contribution in [0.25, 0.3) is 0 Å². The SMILES string of the molecule is CN(C)Cc1[c]nncc1. The first-order valence-corrected chi connectivity index (χ1v) is 3.12. The second kappa shape index (κ2) is 3.27. The molecule has 0 amide bonds. The van der Waals surface area contributed by atoms with Crippen molar-refractivity contribution in [1.29, 1.82) is 0 Å². The van der Waals surface area contributed by atoms with Gasteiger partial charge in [0.25, 0.3) is 0 Å². The summed E-state index contributed by atoms with van der Waals surface area (Å²) >= 11 is 0. The Bertz CT molecular complexity index is 183. The van der Waals surface area contributed by atoms with E-state index in [0.717, 1.165) is 12.1 Å². The minimum atomic E-state index is 0.871. The standard InChI is InChI=1S/C7H10N3/c1-10(2)6-7-3-4-8-9-5-7/h3-4H,6H2,1-2H3. The van der Waals surface area contributed by atoms with Crippen LogP contribution in [-0.2, 0) is 6.54 Å². The molecule has 0 atom stereocenters. The van der Waals surface area contributed by atoms with E-state index in [1.807, 2.05) is 20.2 Å². The normalized spacial score (nSPS) is 10.3. The molecule has 0 spiro atoms. The highest BCUT2D eigenvalue weighted by Gasteiger charge is 1.92. The third-order valence-electron chi connectivity index (χ3n) is 1.08. The molecule has 3 nitrogen and oxygen atoms in total. The Hall–Kier alpha value is -0.960. The van der Waals surface area contributed by atoms with Crippen molar-refractivity contribution in [2.45, 2.75) is 6.54 Å². The Morgan fingerprint density at radius 1 is 1.60 bits per heavy atom. The van der Waals surface area contributed by atoms with Crippen LogP contribution >= 0.6 is 0 Å². The third kappa shape index (κ3) is 2.11. The van der Waals surface area contributed by atoms with Gasteiger partial charge in [0.1, 0.15) is 6.20 Å². The van der Waals surface area contributed by atoms with Crippen LogP contribution in [0.5, 0.6) is 0 Å². The molecule has 0 aliphatic carbocycles. The highest BCUT2D eigenvalue weighted by Crippen LogP contribution is 1.94. The molecular weight excluding hydrogens is 126 g/mol. The van der Waals surface area contributed by atoms with E-state index in [2.05, 4.69) is 21.3 Å². The van der Waals surface area contributed by atoms with Gasteiger partial charge in [-0.05, 0) is 25.7 Å². The van der Waals surface area contributed by atoms with Crippen molar-refractivity contribution in [2.75, 3.05) is 14.1 Å². The number of rotatable bonds is 2. The molecule has 53 valence electrons. The number of hydrogen-bond acceptors (Lipinski definition) is 3. The van der Waals surface area contributed by atoms with E-state index in [-0.39, 0.29) is 0 Å². The zero-order chi connectivity index (χ0) is 7.40. The van der Waals surface area contributed by atoms with Crippen molar-refractivity contribution in [3.63, 3.8) is 0 Å². The number of nitrogens with zero attached hydrogens (tertiary/aromatic N) is 3. The molecule has 0 saturated carbocycles. The van der Waals surface area contributed by atoms with Crippen LogP contribution in [0.15, 0.2) is 12.3 Å². The van der Waals surface area contributed by atoms with Gasteiger partial charge in [-0.25, -0.2) is 0 Å². The second-order valence-electron chi connectivity index (χ2n) is 2.41. The van der Waals surface area contributed by atoms with Gasteiger partial charge in [-0.15, -0.1) is 5.10 Å². The van der Waals surface area contributed by atoms with Crippen LogP contribution < -0.4 is 0 Å². The van der Waals surface area contributed by atoms with E-state index in [1.54, 1.807) is 6.20 Å². The molecule has 0 aliphatic heterocycles. The predicted molar refractivity (Wildman–Crippen MR) is 38.3 cm³/mol. The molecule has 0 bridgehead atoms. The van der Waals surface area contributed by atoms with Crippen LogP contribution in [0.1, 0.15) is 5.56 Å². The van der Waals surface area contributed by atoms with Gasteiger partial charge in [0.05, 0.1) is 0 Å². The summed E-state index contributed by atoms with van der Waals surface area (Å²) in [7, 11) is 4.02. The molecule has 1 aromatic rings. The molecule has 10 heavy (non-hydrogen) atoms. The summed E-state index contributed by atoms with van der Waals surface area (Å²) in [5, 5.41) is 7.26. The lowest BCUT2D eigenvalue weighted by atomic mass is 10.3. The molecule has 1 radical (unpaired) electrons. The maximum absolute atomic E-state index is 3.64. The molecule has 1 rings (SSSR count). The summed E-state index contributed by atoms with van der Waals surface area (Å²) in [6.45, 7) is 0.871. The van der Waals surface area contributed by atoms with E-state index in [0.29, 0.717) is 0 Å². The first-order chi connectivity index (χ1) is 4.79. The lowest BCUT2D eigenvalue weighted by Crippen LogP contribution is -2.10. The minimum absolute atomic E-state index is 0.871. The molecule has 0 fully saturated rings. The van der Waals surface area contributed by atoms with Crippen molar-refractivity contribution in [3.05, 3.63) is 24.0 Å². The average Bonchev–Trinajstić information content (AvgIpc) is 1.88. The highest BCUT2D eigenvalue weighted by atomic mass is 15.1. The largest absolute Gasteiger partial charge is 0.305 e. The van der Waals surface area contributed by atoms with E-state index in [4.69, 9.17) is 0 Å². The Kier molecular flexibility index (Phi) is 2.34. The van der Waals surface area contributed by atoms with Crippen LogP contribution in [0.4, 0.5) is 0 Å². The highest BCUT2D eigenvalue weighted by molar-refractivity contribution is 5.02. The molecule has 0 unspecified atom stereocenters. The predicted octanol–water partition coefficient (Wildman–Crippen LogP) is 0.338. The van der Waals surface area contributed by atoms with Gasteiger partial charge in [-0.1, -0.05) is 0 Å². The monoisotopic (exact) mass is 136 g/mol. The Morgan fingerprint density at radius 3 is 2.90 bits per heavy atom. The van der Waals surface area contributed by atoms with Crippen LogP contribution in [0.3, 0.4) is 0 Å². The molecule has 1 heterocycles. The summed E-state index contributed by atoms with van der Waals surface area (Å²) in [4.78, 5) is 2.06. The maximum atomic E-state index is 3.64. The molecule has 3 heteroatoms. The van der Waals surface area contributed by atoms with Crippen molar-refractivity contribution in [1.82, 2.24) is 15.1 Å². The molecule has 0 saturated heterocycles. The van der Waals surface area contributed by atoms with E-state index < -0.39 is 0 Å². The summed E-state index contributed by atoms with van der Waals surface area (Å²) in [6.07, 6.45) is 4.47. The van der Waals surface area contributed by atoms with Gasteiger partial charge in [0, 0.05) is 12.7 Å². The van der Waals surface area contributed by atoms with Crippen LogP contribution in [0, 0.1) is 6.20 Å². The van der Waals surface area contributed by atoms with Crippen LogP contribution in [0.2, 0.25) is 0 Å². The third-order valence-corrected chi connectivity index (χ3v) is 1.08.